The molecule has 1 aliphatic heterocycles. The molecule has 2 aromatic carbocycles. The molecule has 1 heterocycles. The average molecular weight is 460 g/mol. The van der Waals surface area contributed by atoms with Crippen LogP contribution >= 0.6 is 0 Å². The molecule has 172 valence electrons. The molecule has 4 rings (SSSR count). The second kappa shape index (κ2) is 8.99. The van der Waals surface area contributed by atoms with E-state index in [0.29, 0.717) is 13.1 Å². The van der Waals surface area contributed by atoms with Crippen LogP contribution in [0.3, 0.4) is 0 Å². The number of sulfonamides is 1. The third-order valence-corrected chi connectivity index (χ3v) is 7.27. The number of hydrogen-bond acceptors (Lipinski definition) is 6. The van der Waals surface area contributed by atoms with E-state index in [1.165, 1.54) is 19.2 Å². The van der Waals surface area contributed by atoms with Gasteiger partial charge in [-0.25, -0.2) is 13.1 Å². The summed E-state index contributed by atoms with van der Waals surface area (Å²) in [5.74, 6) is 0.736. The summed E-state index contributed by atoms with van der Waals surface area (Å²) < 4.78 is 39.5. The van der Waals surface area contributed by atoms with Crippen molar-refractivity contribution in [2.45, 2.75) is 36.8 Å². The van der Waals surface area contributed by atoms with Crippen LogP contribution in [0.15, 0.2) is 47.4 Å². The summed E-state index contributed by atoms with van der Waals surface area (Å²) in [6.45, 7) is 3.96. The van der Waals surface area contributed by atoms with E-state index in [1.54, 1.807) is 18.0 Å². The van der Waals surface area contributed by atoms with E-state index in [4.69, 9.17) is 9.47 Å². The van der Waals surface area contributed by atoms with Gasteiger partial charge in [-0.3, -0.25) is 4.79 Å². The van der Waals surface area contributed by atoms with E-state index in [9.17, 15) is 13.2 Å². The fraction of sp³-hybridized carbons (Fsp3) is 0.435. The van der Waals surface area contributed by atoms with Crippen molar-refractivity contribution in [2.75, 3.05) is 38.7 Å². The van der Waals surface area contributed by atoms with E-state index in [-0.39, 0.29) is 34.3 Å². The fourth-order valence-corrected chi connectivity index (χ4v) is 5.39. The predicted octanol–water partition coefficient (Wildman–Crippen LogP) is 2.50. The number of ether oxygens (including phenoxy) is 2. The topological polar surface area (TPSA) is 88.2 Å². The Morgan fingerprint density at radius 3 is 2.69 bits per heavy atom. The summed E-state index contributed by atoms with van der Waals surface area (Å²) in [6.07, 6.45) is 1.45. The molecule has 32 heavy (non-hydrogen) atoms. The minimum atomic E-state index is -3.77. The Morgan fingerprint density at radius 1 is 1.25 bits per heavy atom. The molecular weight excluding hydrogens is 430 g/mol. The summed E-state index contributed by atoms with van der Waals surface area (Å²) >= 11 is 0. The lowest BCUT2D eigenvalue weighted by molar-refractivity contribution is 0.0709. The van der Waals surface area contributed by atoms with Crippen LogP contribution in [0.5, 0.6) is 11.5 Å². The van der Waals surface area contributed by atoms with Crippen LogP contribution in [-0.4, -0.2) is 65.2 Å². The van der Waals surface area contributed by atoms with Crippen LogP contribution < -0.4 is 19.1 Å². The predicted molar refractivity (Wildman–Crippen MR) is 122 cm³/mol. The van der Waals surface area contributed by atoms with Gasteiger partial charge in [0, 0.05) is 25.2 Å². The van der Waals surface area contributed by atoms with Gasteiger partial charge >= 0.3 is 0 Å². The number of nitrogens with one attached hydrogen (secondary N) is 1. The van der Waals surface area contributed by atoms with Gasteiger partial charge in [0.25, 0.3) is 5.91 Å². The highest BCUT2D eigenvalue weighted by Gasteiger charge is 2.31. The van der Waals surface area contributed by atoms with Gasteiger partial charge in [-0.15, -0.1) is 0 Å². The van der Waals surface area contributed by atoms with Gasteiger partial charge in [-0.1, -0.05) is 12.1 Å². The first-order valence-electron chi connectivity index (χ1n) is 10.8. The number of likely N-dealkylation sites (N-methyl/N-ethyl adjacent to an activating group) is 2. The Hall–Kier alpha value is -2.78. The minimum Gasteiger partial charge on any atom is -0.495 e. The lowest BCUT2D eigenvalue weighted by atomic mass is 10.1. The lowest BCUT2D eigenvalue weighted by Gasteiger charge is -2.37. The van der Waals surface area contributed by atoms with Crippen molar-refractivity contribution >= 4 is 21.6 Å². The normalized spacial score (nSPS) is 18.0. The van der Waals surface area contributed by atoms with E-state index < -0.39 is 10.0 Å². The molecule has 2 aliphatic rings. The molecule has 0 bridgehead atoms. The number of amides is 1. The van der Waals surface area contributed by atoms with Gasteiger partial charge in [0.2, 0.25) is 10.0 Å². The zero-order chi connectivity index (χ0) is 22.9. The molecule has 9 heteroatoms. The van der Waals surface area contributed by atoms with Crippen molar-refractivity contribution in [3.8, 4) is 11.5 Å². The van der Waals surface area contributed by atoms with Crippen molar-refractivity contribution in [1.29, 1.82) is 0 Å². The van der Waals surface area contributed by atoms with Gasteiger partial charge in [-0.05, 0) is 50.1 Å². The highest BCUT2D eigenvalue weighted by Crippen LogP contribution is 2.33. The number of rotatable bonds is 8. The number of hydrogen-bond donors (Lipinski definition) is 1. The van der Waals surface area contributed by atoms with Crippen molar-refractivity contribution in [1.82, 2.24) is 9.62 Å². The van der Waals surface area contributed by atoms with Gasteiger partial charge in [-0.2, -0.15) is 0 Å². The highest BCUT2D eigenvalue weighted by atomic mass is 32.2. The summed E-state index contributed by atoms with van der Waals surface area (Å²) in [5, 5.41) is 0. The molecular formula is C23H29N3O5S. The Labute approximate surface area is 189 Å². The molecule has 0 spiro atoms. The number of methoxy groups -OCH3 is 1. The van der Waals surface area contributed by atoms with Crippen LogP contribution in [0, 0.1) is 0 Å². The van der Waals surface area contributed by atoms with Gasteiger partial charge < -0.3 is 19.3 Å². The smallest absolute Gasteiger partial charge is 0.253 e. The molecule has 1 amide bonds. The number of carbonyl (C=O) groups is 1. The third-order valence-electron chi connectivity index (χ3n) is 5.73. The fourth-order valence-electron chi connectivity index (χ4n) is 3.89. The third kappa shape index (κ3) is 4.68. The molecule has 1 atom stereocenters. The SMILES string of the molecule is CCN1CC(CN(C)C(=O)c2ccc(OC)c(S(=O)(=O)NC3CC3)c2)Oc2ccccc21. The van der Waals surface area contributed by atoms with E-state index in [2.05, 4.69) is 16.5 Å². The second-order valence-electron chi connectivity index (χ2n) is 8.19. The summed E-state index contributed by atoms with van der Waals surface area (Å²) in [7, 11) is -0.659. The Bertz CT molecular complexity index is 1100. The second-order valence-corrected chi connectivity index (χ2v) is 9.88. The Kier molecular flexibility index (Phi) is 6.30. The number of para-hydroxylation sites is 2. The monoisotopic (exact) mass is 459 g/mol. The first kappa shape index (κ1) is 22.4. The van der Waals surface area contributed by atoms with Crippen molar-refractivity contribution in [3.63, 3.8) is 0 Å². The Balaban J connectivity index is 1.51. The number of carbonyl (C=O) groups excluding carboxylic acids is 1. The van der Waals surface area contributed by atoms with Gasteiger partial charge in [0.1, 0.15) is 22.5 Å². The molecule has 0 saturated heterocycles. The molecule has 1 fully saturated rings. The average Bonchev–Trinajstić information content (AvgIpc) is 3.60. The molecule has 2 aromatic rings. The summed E-state index contributed by atoms with van der Waals surface area (Å²) in [4.78, 5) is 16.9. The molecule has 1 unspecified atom stereocenters. The highest BCUT2D eigenvalue weighted by molar-refractivity contribution is 7.89. The molecule has 0 radical (unpaired) electrons. The molecule has 0 aromatic heterocycles. The van der Waals surface area contributed by atoms with E-state index in [1.807, 2.05) is 24.3 Å². The van der Waals surface area contributed by atoms with Crippen LogP contribution in [0.25, 0.3) is 0 Å². The molecule has 1 saturated carbocycles. The minimum absolute atomic E-state index is 0.0221. The van der Waals surface area contributed by atoms with Crippen LogP contribution in [0.1, 0.15) is 30.1 Å². The van der Waals surface area contributed by atoms with Crippen LogP contribution in [0.4, 0.5) is 5.69 Å². The van der Waals surface area contributed by atoms with Crippen LogP contribution in [-0.2, 0) is 10.0 Å². The van der Waals surface area contributed by atoms with Crippen molar-refractivity contribution in [2.24, 2.45) is 0 Å². The van der Waals surface area contributed by atoms with E-state index >= 15 is 0 Å². The maximum atomic E-state index is 13.1. The number of nitrogens with zero attached hydrogens (tertiary/aromatic N) is 2. The number of benzene rings is 2. The lowest BCUT2D eigenvalue weighted by Crippen LogP contribution is -2.46. The maximum absolute atomic E-state index is 13.1. The number of anilines is 1. The van der Waals surface area contributed by atoms with Gasteiger partial charge in [0.05, 0.1) is 25.9 Å². The Morgan fingerprint density at radius 2 is 2.00 bits per heavy atom. The first-order valence-corrected chi connectivity index (χ1v) is 12.3. The summed E-state index contributed by atoms with van der Waals surface area (Å²) in [5.41, 5.74) is 1.33. The molecule has 8 nitrogen and oxygen atoms in total. The molecule has 1 aliphatic carbocycles. The zero-order valence-electron chi connectivity index (χ0n) is 18.6. The number of fused-ring (bicyclic) bond motifs is 1. The largest absolute Gasteiger partial charge is 0.495 e. The quantitative estimate of drug-likeness (QED) is 0.653. The van der Waals surface area contributed by atoms with Crippen LogP contribution in [0.2, 0.25) is 0 Å². The van der Waals surface area contributed by atoms with Crippen molar-refractivity contribution in [3.05, 3.63) is 48.0 Å². The standard InChI is InChI=1S/C23H29N3O5S/c1-4-26-15-18(31-20-8-6-5-7-19(20)26)14-25(2)23(27)16-9-12-21(30-3)22(13-16)32(28,29)24-17-10-11-17/h5-9,12-13,17-18,24H,4,10-11,14-15H2,1-3H3. The maximum Gasteiger partial charge on any atom is 0.253 e. The first-order chi connectivity index (χ1) is 15.3. The van der Waals surface area contributed by atoms with Gasteiger partial charge in [0.15, 0.2) is 0 Å². The van der Waals surface area contributed by atoms with E-state index in [0.717, 1.165) is 30.8 Å². The zero-order valence-corrected chi connectivity index (χ0v) is 19.4. The van der Waals surface area contributed by atoms with Crippen molar-refractivity contribution < 1.29 is 22.7 Å². The molecule has 1 N–H and O–H groups in total. The summed E-state index contributed by atoms with van der Waals surface area (Å²) in [6, 6.07) is 12.3.